The van der Waals surface area contributed by atoms with Crippen molar-refractivity contribution < 1.29 is 9.32 Å². The number of fused-ring (bicyclic) bond motifs is 1. The average molecular weight is 461 g/mol. The first-order chi connectivity index (χ1) is 16.0. The molecule has 164 valence electrons. The van der Waals surface area contributed by atoms with Gasteiger partial charge < -0.3 is 9.84 Å². The van der Waals surface area contributed by atoms with Gasteiger partial charge in [-0.25, -0.2) is 13.9 Å². The van der Waals surface area contributed by atoms with E-state index in [0.717, 1.165) is 15.8 Å². The van der Waals surface area contributed by atoms with E-state index in [1.54, 1.807) is 42.6 Å². The lowest BCUT2D eigenvalue weighted by molar-refractivity contribution is -0.117. The molecule has 33 heavy (non-hydrogen) atoms. The van der Waals surface area contributed by atoms with E-state index in [4.69, 9.17) is 16.1 Å². The largest absolute Gasteiger partial charge is 0.350 e. The molecule has 0 aliphatic rings. The minimum Gasteiger partial charge on any atom is -0.333 e. The number of carbonyl (C=O) groups is 1. The Balaban J connectivity index is 1.46. The predicted octanol–water partition coefficient (Wildman–Crippen LogP) is 3.81. The van der Waals surface area contributed by atoms with Crippen LogP contribution >= 0.6 is 11.6 Å². The summed E-state index contributed by atoms with van der Waals surface area (Å²) in [4.78, 5) is 29.8. The molecule has 0 aliphatic heterocycles. The van der Waals surface area contributed by atoms with Crippen LogP contribution in [0.3, 0.4) is 0 Å². The number of amides is 1. The quantitative estimate of drug-likeness (QED) is 0.427. The van der Waals surface area contributed by atoms with Gasteiger partial charge in [0.05, 0.1) is 16.3 Å². The van der Waals surface area contributed by atoms with E-state index < -0.39 is 11.6 Å². The number of hydrogen-bond acceptors (Lipinski definition) is 6. The number of aryl methyl sites for hydroxylation is 1. The lowest BCUT2D eigenvalue weighted by Crippen LogP contribution is -2.28. The Hall–Kier alpha value is -4.24. The molecule has 0 saturated heterocycles. The Kier molecular flexibility index (Phi) is 5.23. The first-order valence-corrected chi connectivity index (χ1v) is 10.4. The molecule has 9 nitrogen and oxygen atoms in total. The first-order valence-electron chi connectivity index (χ1n) is 10.0. The number of hydrogen-bond donors (Lipinski definition) is 1. The molecule has 0 spiro atoms. The van der Waals surface area contributed by atoms with Gasteiger partial charge >= 0.3 is 5.69 Å². The number of halogens is 1. The SMILES string of the molecule is Cc1ccc(-c2noc(-c3cccn4c(=O)n(CC(=O)Nc5ccccc5Cl)nc34)n2)cc1. The average Bonchev–Trinajstić information content (AvgIpc) is 3.41. The molecule has 3 aromatic heterocycles. The molecule has 0 unspecified atom stereocenters. The fraction of sp³-hybridized carbons (Fsp3) is 0.0870. The molecule has 0 fully saturated rings. The highest BCUT2D eigenvalue weighted by molar-refractivity contribution is 6.33. The van der Waals surface area contributed by atoms with E-state index in [0.29, 0.717) is 27.7 Å². The Morgan fingerprint density at radius 3 is 2.67 bits per heavy atom. The van der Waals surface area contributed by atoms with Crippen LogP contribution in [0.2, 0.25) is 5.02 Å². The highest BCUT2D eigenvalue weighted by Gasteiger charge is 2.19. The summed E-state index contributed by atoms with van der Waals surface area (Å²) >= 11 is 6.08. The zero-order valence-electron chi connectivity index (χ0n) is 17.4. The van der Waals surface area contributed by atoms with Crippen molar-refractivity contribution in [3.8, 4) is 22.8 Å². The van der Waals surface area contributed by atoms with Crippen LogP contribution in [0.5, 0.6) is 0 Å². The molecule has 10 heteroatoms. The van der Waals surface area contributed by atoms with Crippen LogP contribution in [0, 0.1) is 6.92 Å². The minimum absolute atomic E-state index is 0.217. The van der Waals surface area contributed by atoms with Crippen LogP contribution in [0.4, 0.5) is 5.69 Å². The van der Waals surface area contributed by atoms with E-state index in [1.807, 2.05) is 31.2 Å². The Labute approximate surface area is 192 Å². The van der Waals surface area contributed by atoms with E-state index >= 15 is 0 Å². The second-order valence-electron chi connectivity index (χ2n) is 7.37. The zero-order valence-corrected chi connectivity index (χ0v) is 18.2. The number of pyridine rings is 1. The number of benzene rings is 2. The first kappa shape index (κ1) is 20.7. The number of anilines is 1. The maximum absolute atomic E-state index is 12.8. The number of nitrogens with one attached hydrogen (secondary N) is 1. The van der Waals surface area contributed by atoms with Crippen LogP contribution < -0.4 is 11.0 Å². The van der Waals surface area contributed by atoms with E-state index in [1.165, 1.54) is 4.40 Å². The molecule has 1 N–H and O–H groups in total. The monoisotopic (exact) mass is 460 g/mol. The molecule has 0 bridgehead atoms. The van der Waals surface area contributed by atoms with E-state index in [9.17, 15) is 9.59 Å². The van der Waals surface area contributed by atoms with Crippen molar-refractivity contribution in [1.29, 1.82) is 0 Å². The molecule has 0 aliphatic carbocycles. The molecule has 0 atom stereocenters. The lowest BCUT2D eigenvalue weighted by Gasteiger charge is -2.06. The second kappa shape index (κ2) is 8.36. The van der Waals surface area contributed by atoms with Crippen molar-refractivity contribution in [3.05, 3.63) is 87.9 Å². The third kappa shape index (κ3) is 4.01. The smallest absolute Gasteiger partial charge is 0.333 e. The van der Waals surface area contributed by atoms with Crippen molar-refractivity contribution in [2.45, 2.75) is 13.5 Å². The fourth-order valence-corrected chi connectivity index (χ4v) is 3.53. The summed E-state index contributed by atoms with van der Waals surface area (Å²) in [6.45, 7) is 1.71. The topological polar surface area (TPSA) is 107 Å². The van der Waals surface area contributed by atoms with Crippen LogP contribution in [-0.2, 0) is 11.3 Å². The van der Waals surface area contributed by atoms with Gasteiger partial charge in [0.15, 0.2) is 5.65 Å². The number of rotatable bonds is 5. The Morgan fingerprint density at radius 2 is 1.88 bits per heavy atom. The minimum atomic E-state index is -0.473. The zero-order chi connectivity index (χ0) is 22.9. The van der Waals surface area contributed by atoms with Crippen LogP contribution in [0.1, 0.15) is 5.56 Å². The van der Waals surface area contributed by atoms with Gasteiger partial charge in [-0.05, 0) is 31.2 Å². The number of nitrogens with zero attached hydrogens (tertiary/aromatic N) is 5. The number of carbonyl (C=O) groups excluding carboxylic acids is 1. The molecule has 5 rings (SSSR count). The summed E-state index contributed by atoms with van der Waals surface area (Å²) in [5.74, 6) is 0.205. The molecule has 0 saturated carbocycles. The standard InChI is InChI=1S/C23H17ClN6O3/c1-14-8-10-15(11-9-14)20-26-22(33-28-20)16-5-4-12-29-21(16)27-30(23(29)32)13-19(31)25-18-7-3-2-6-17(18)24/h2-12H,13H2,1H3,(H,25,31). The Morgan fingerprint density at radius 1 is 1.09 bits per heavy atom. The molecule has 1 amide bonds. The molecular weight excluding hydrogens is 444 g/mol. The highest BCUT2D eigenvalue weighted by atomic mass is 35.5. The van der Waals surface area contributed by atoms with Crippen LogP contribution in [-0.4, -0.2) is 30.2 Å². The number of para-hydroxylation sites is 1. The molecule has 3 heterocycles. The van der Waals surface area contributed by atoms with Crippen molar-refractivity contribution >= 4 is 28.8 Å². The van der Waals surface area contributed by atoms with Crippen LogP contribution in [0.15, 0.2) is 76.2 Å². The van der Waals surface area contributed by atoms with Crippen LogP contribution in [0.25, 0.3) is 28.5 Å². The van der Waals surface area contributed by atoms with Gasteiger partial charge in [-0.2, -0.15) is 4.98 Å². The molecule has 5 aromatic rings. The fourth-order valence-electron chi connectivity index (χ4n) is 3.35. The summed E-state index contributed by atoms with van der Waals surface area (Å²) in [7, 11) is 0. The summed E-state index contributed by atoms with van der Waals surface area (Å²) < 4.78 is 7.85. The van der Waals surface area contributed by atoms with Gasteiger partial charge in [0.2, 0.25) is 11.7 Å². The Bertz CT molecular complexity index is 1530. The summed E-state index contributed by atoms with van der Waals surface area (Å²) in [6, 6.07) is 18.0. The maximum Gasteiger partial charge on any atom is 0.350 e. The van der Waals surface area contributed by atoms with E-state index in [2.05, 4.69) is 20.6 Å². The molecular formula is C23H17ClN6O3. The third-order valence-corrected chi connectivity index (χ3v) is 5.35. The second-order valence-corrected chi connectivity index (χ2v) is 7.78. The summed E-state index contributed by atoms with van der Waals surface area (Å²) in [6.07, 6.45) is 1.56. The van der Waals surface area contributed by atoms with Gasteiger partial charge in [-0.3, -0.25) is 4.79 Å². The van der Waals surface area contributed by atoms with Crippen molar-refractivity contribution in [2.75, 3.05) is 5.32 Å². The van der Waals surface area contributed by atoms with Gasteiger partial charge in [-0.1, -0.05) is 58.7 Å². The normalized spacial score (nSPS) is 11.1. The van der Waals surface area contributed by atoms with Crippen molar-refractivity contribution in [3.63, 3.8) is 0 Å². The maximum atomic E-state index is 12.8. The molecule has 2 aromatic carbocycles. The van der Waals surface area contributed by atoms with Gasteiger partial charge in [0.25, 0.3) is 5.89 Å². The van der Waals surface area contributed by atoms with Gasteiger partial charge in [0.1, 0.15) is 6.54 Å². The van der Waals surface area contributed by atoms with E-state index in [-0.39, 0.29) is 12.4 Å². The van der Waals surface area contributed by atoms with Crippen molar-refractivity contribution in [1.82, 2.24) is 24.3 Å². The predicted molar refractivity (Wildman–Crippen MR) is 123 cm³/mol. The summed E-state index contributed by atoms with van der Waals surface area (Å²) in [5.41, 5.74) is 2.69. The van der Waals surface area contributed by atoms with Crippen molar-refractivity contribution in [2.24, 2.45) is 0 Å². The highest BCUT2D eigenvalue weighted by Crippen LogP contribution is 2.25. The van der Waals surface area contributed by atoms with Gasteiger partial charge in [0, 0.05) is 11.8 Å². The lowest BCUT2D eigenvalue weighted by atomic mass is 10.1. The third-order valence-electron chi connectivity index (χ3n) is 5.02. The number of aromatic nitrogens is 5. The summed E-state index contributed by atoms with van der Waals surface area (Å²) in [5, 5.41) is 11.5. The molecule has 0 radical (unpaired) electrons. The van der Waals surface area contributed by atoms with Gasteiger partial charge in [-0.15, -0.1) is 5.10 Å².